The monoisotopic (exact) mass is 667 g/mol. The van der Waals surface area contributed by atoms with Gasteiger partial charge >= 0.3 is 12.0 Å². The minimum Gasteiger partial charge on any atom is -0.487 e. The van der Waals surface area contributed by atoms with Crippen LogP contribution in [0, 0.1) is 23.7 Å². The number of carbonyl (C=O) groups excluding carboxylic acids is 4. The zero-order chi connectivity index (χ0) is 35.1. The van der Waals surface area contributed by atoms with Gasteiger partial charge in [0.05, 0.1) is 51.5 Å². The summed E-state index contributed by atoms with van der Waals surface area (Å²) in [5, 5.41) is 5.44. The Hall–Kier alpha value is -4.87. The molecule has 14 heteroatoms. The molecule has 14 nitrogen and oxygen atoms in total. The van der Waals surface area contributed by atoms with Gasteiger partial charge in [0.15, 0.2) is 0 Å². The molecule has 1 fully saturated rings. The third kappa shape index (κ3) is 12.7. The number of amides is 4. The first-order chi connectivity index (χ1) is 22.9. The molecule has 1 aromatic carbocycles. The number of methoxy groups -OCH3 is 1. The van der Waals surface area contributed by atoms with Gasteiger partial charge in [-0.05, 0) is 36.5 Å². The number of benzene rings is 1. The Kier molecular flexibility index (Phi) is 14.5. The summed E-state index contributed by atoms with van der Waals surface area (Å²) in [5.41, 5.74) is 5.70. The molecule has 4 amide bonds. The number of hydrogen-bond acceptors (Lipinski definition) is 10. The van der Waals surface area contributed by atoms with Crippen LogP contribution >= 0.6 is 0 Å². The molecule has 48 heavy (non-hydrogen) atoms. The molecular formula is C34H45N5O9. The van der Waals surface area contributed by atoms with Gasteiger partial charge in [0.25, 0.3) is 5.91 Å². The van der Waals surface area contributed by atoms with E-state index in [2.05, 4.69) is 42.3 Å². The van der Waals surface area contributed by atoms with Crippen molar-refractivity contribution in [2.45, 2.75) is 45.8 Å². The highest BCUT2D eigenvalue weighted by atomic mass is 16.5. The fraction of sp³-hybridized carbons (Fsp3) is 0.500. The number of urea groups is 1. The fourth-order valence-corrected chi connectivity index (χ4v) is 4.43. The van der Waals surface area contributed by atoms with Gasteiger partial charge in [-0.15, -0.1) is 6.42 Å². The highest BCUT2D eigenvalue weighted by Gasteiger charge is 2.33. The van der Waals surface area contributed by atoms with Crippen LogP contribution in [-0.2, 0) is 23.8 Å². The lowest BCUT2D eigenvalue weighted by atomic mass is 9.88. The van der Waals surface area contributed by atoms with Crippen LogP contribution < -0.4 is 25.8 Å². The Labute approximate surface area is 281 Å². The molecule has 0 saturated carbocycles. The van der Waals surface area contributed by atoms with Crippen LogP contribution in [0.25, 0.3) is 0 Å². The number of nitrogens with one attached hydrogen (secondary N) is 2. The quantitative estimate of drug-likeness (QED) is 0.121. The number of aromatic nitrogens is 1. The molecule has 0 bridgehead atoms. The number of likely N-dealkylation sites (tertiary alicyclic amines) is 1. The highest BCUT2D eigenvalue weighted by Crippen LogP contribution is 2.26. The Balaban J connectivity index is 1.43. The first-order valence-electron chi connectivity index (χ1n) is 15.6. The highest BCUT2D eigenvalue weighted by molar-refractivity contribution is 5.96. The molecule has 0 radical (unpaired) electrons. The van der Waals surface area contributed by atoms with Gasteiger partial charge in [-0.1, -0.05) is 32.8 Å². The van der Waals surface area contributed by atoms with Crippen molar-refractivity contribution in [1.82, 2.24) is 20.5 Å². The molecule has 1 aromatic heterocycles. The average Bonchev–Trinajstić information content (AvgIpc) is 3.03. The summed E-state index contributed by atoms with van der Waals surface area (Å²) >= 11 is 0. The molecule has 1 unspecified atom stereocenters. The number of pyridine rings is 1. The zero-order valence-electron chi connectivity index (χ0n) is 27.9. The van der Waals surface area contributed by atoms with Gasteiger partial charge in [-0.2, -0.15) is 0 Å². The molecule has 1 aliphatic heterocycles. The number of esters is 1. The van der Waals surface area contributed by atoms with Gasteiger partial charge in [0.1, 0.15) is 30.3 Å². The summed E-state index contributed by atoms with van der Waals surface area (Å²) in [6.07, 6.45) is 7.40. The SMILES string of the molecule is C#CCOCCOCC(CNC(=O)N1CC(Oc2cccc(Oc3ccc(C(=O)N[C@@H](CCC(C)(C)C)C(=O)OC)cn3)c2)C1)C(N)=O. The number of primary amides is 1. The molecule has 0 aliphatic carbocycles. The minimum absolute atomic E-state index is 0.0101. The third-order valence-corrected chi connectivity index (χ3v) is 7.22. The van der Waals surface area contributed by atoms with Gasteiger partial charge in [0, 0.05) is 24.9 Å². The van der Waals surface area contributed by atoms with Crippen LogP contribution in [0.15, 0.2) is 42.6 Å². The van der Waals surface area contributed by atoms with Crippen molar-refractivity contribution in [3.8, 4) is 29.7 Å². The van der Waals surface area contributed by atoms with Crippen LogP contribution in [0.2, 0.25) is 0 Å². The smallest absolute Gasteiger partial charge is 0.328 e. The summed E-state index contributed by atoms with van der Waals surface area (Å²) in [6.45, 7) is 7.66. The van der Waals surface area contributed by atoms with Crippen molar-refractivity contribution >= 4 is 23.8 Å². The Morgan fingerprint density at radius 3 is 2.48 bits per heavy atom. The predicted octanol–water partition coefficient (Wildman–Crippen LogP) is 2.51. The van der Waals surface area contributed by atoms with Gasteiger partial charge in [-0.3, -0.25) is 9.59 Å². The maximum absolute atomic E-state index is 12.8. The number of ether oxygens (including phenoxy) is 5. The topological polar surface area (TPSA) is 181 Å². The maximum atomic E-state index is 12.8. The van der Waals surface area contributed by atoms with Gasteiger partial charge in [0.2, 0.25) is 11.8 Å². The molecule has 0 spiro atoms. The fourth-order valence-electron chi connectivity index (χ4n) is 4.43. The van der Waals surface area contributed by atoms with Crippen LogP contribution in [0.4, 0.5) is 4.79 Å². The van der Waals surface area contributed by atoms with E-state index >= 15 is 0 Å². The van der Waals surface area contributed by atoms with Crippen molar-refractivity contribution < 1.29 is 42.9 Å². The maximum Gasteiger partial charge on any atom is 0.328 e. The summed E-state index contributed by atoms with van der Waals surface area (Å²) in [5.74, 6) is 1.37. The van der Waals surface area contributed by atoms with Crippen LogP contribution in [0.5, 0.6) is 17.4 Å². The first-order valence-corrected chi connectivity index (χ1v) is 15.6. The van der Waals surface area contributed by atoms with E-state index in [1.54, 1.807) is 41.3 Å². The Bertz CT molecular complexity index is 1420. The number of terminal acetylenes is 1. The molecule has 260 valence electrons. The molecule has 2 aromatic rings. The number of hydrogen-bond donors (Lipinski definition) is 3. The lowest BCUT2D eigenvalue weighted by Gasteiger charge is -2.39. The number of nitrogens with two attached hydrogens (primary N) is 1. The lowest BCUT2D eigenvalue weighted by molar-refractivity contribution is -0.143. The standard InChI is InChI=1S/C34H45N5O9/c1-6-14-45-15-16-46-22-24(30(35)40)19-37-33(43)39-20-27(21-39)47-25-8-7-9-26(17-25)48-29-11-10-23(18-36-29)31(41)38-28(32(42)44-5)12-13-34(2,3)4/h1,7-11,17-18,24,27-28H,12-16,19-22H2,2-5H3,(H2,35,40)(H,37,43)(H,38,41)/t24?,28-/m0/s1. The van der Waals surface area contributed by atoms with Gasteiger partial charge in [-0.25, -0.2) is 14.6 Å². The molecule has 3 rings (SSSR count). The Morgan fingerprint density at radius 1 is 1.10 bits per heavy atom. The van der Waals surface area contributed by atoms with E-state index in [0.717, 1.165) is 6.42 Å². The number of carbonyl (C=O) groups is 4. The number of nitrogens with zero attached hydrogens (tertiary/aromatic N) is 2. The molecule has 1 aliphatic rings. The van der Waals surface area contributed by atoms with Crippen molar-refractivity contribution in [3.63, 3.8) is 0 Å². The van der Waals surface area contributed by atoms with E-state index in [1.165, 1.54) is 13.3 Å². The summed E-state index contributed by atoms with van der Waals surface area (Å²) < 4.78 is 27.2. The van der Waals surface area contributed by atoms with Crippen molar-refractivity contribution in [1.29, 1.82) is 0 Å². The van der Waals surface area contributed by atoms with E-state index in [1.807, 2.05) is 0 Å². The lowest BCUT2D eigenvalue weighted by Crippen LogP contribution is -2.59. The Morgan fingerprint density at radius 2 is 1.83 bits per heavy atom. The normalized spacial score (nSPS) is 14.1. The van der Waals surface area contributed by atoms with Crippen LogP contribution in [-0.4, -0.2) is 99.0 Å². The number of rotatable bonds is 18. The first kappa shape index (κ1) is 37.6. The molecule has 4 N–H and O–H groups in total. The molecular weight excluding hydrogens is 622 g/mol. The van der Waals surface area contributed by atoms with Gasteiger partial charge < -0.3 is 45.0 Å². The second kappa shape index (κ2) is 18.5. The molecule has 2 heterocycles. The second-order valence-corrected chi connectivity index (χ2v) is 12.4. The van der Waals surface area contributed by atoms with Crippen molar-refractivity contribution in [2.24, 2.45) is 17.1 Å². The summed E-state index contributed by atoms with van der Waals surface area (Å²) in [6, 6.07) is 8.94. The molecule has 2 atom stereocenters. The van der Waals surface area contributed by atoms with E-state index < -0.39 is 29.7 Å². The van der Waals surface area contributed by atoms with Crippen molar-refractivity contribution in [2.75, 3.05) is 53.2 Å². The van der Waals surface area contributed by atoms with E-state index in [0.29, 0.717) is 31.0 Å². The summed E-state index contributed by atoms with van der Waals surface area (Å²) in [4.78, 5) is 55.1. The van der Waals surface area contributed by atoms with Crippen LogP contribution in [0.1, 0.15) is 44.0 Å². The zero-order valence-corrected chi connectivity index (χ0v) is 27.9. The van der Waals surface area contributed by atoms with E-state index in [9.17, 15) is 19.2 Å². The largest absolute Gasteiger partial charge is 0.487 e. The van der Waals surface area contributed by atoms with E-state index in [-0.39, 0.29) is 62.0 Å². The predicted molar refractivity (Wildman–Crippen MR) is 175 cm³/mol. The van der Waals surface area contributed by atoms with Crippen LogP contribution in [0.3, 0.4) is 0 Å². The van der Waals surface area contributed by atoms with Crippen molar-refractivity contribution in [3.05, 3.63) is 48.2 Å². The summed E-state index contributed by atoms with van der Waals surface area (Å²) in [7, 11) is 1.29. The molecule has 1 saturated heterocycles. The minimum atomic E-state index is -0.770. The van der Waals surface area contributed by atoms with E-state index in [4.69, 9.17) is 35.8 Å². The third-order valence-electron chi connectivity index (χ3n) is 7.22. The average molecular weight is 668 g/mol. The second-order valence-electron chi connectivity index (χ2n) is 12.4.